The van der Waals surface area contributed by atoms with Crippen LogP contribution < -0.4 is 4.74 Å². The van der Waals surface area contributed by atoms with E-state index in [1.807, 2.05) is 0 Å². The molecule has 1 atom stereocenters. The number of hydrogen-bond donors (Lipinski definition) is 0. The normalized spacial score (nSPS) is 20.2. The highest BCUT2D eigenvalue weighted by molar-refractivity contribution is 5.97. The molecule has 0 spiro atoms. The van der Waals surface area contributed by atoms with E-state index in [0.717, 1.165) is 0 Å². The highest BCUT2D eigenvalue weighted by Crippen LogP contribution is 2.26. The van der Waals surface area contributed by atoms with Gasteiger partial charge in [-0.25, -0.2) is 0 Å². The lowest BCUT2D eigenvalue weighted by Crippen LogP contribution is -2.07. The number of cyclic esters (lactones) is 2. The molecule has 0 radical (unpaired) electrons. The molecule has 78 valence electrons. The number of pyridine rings is 1. The number of carbonyl (C=O) groups excluding carboxylic acids is 2. The van der Waals surface area contributed by atoms with Gasteiger partial charge in [-0.3, -0.25) is 14.6 Å². The lowest BCUT2D eigenvalue weighted by atomic mass is 10.0. The Balaban J connectivity index is 2.22. The predicted molar refractivity (Wildman–Crippen MR) is 49.2 cm³/mol. The minimum atomic E-state index is -0.566. The summed E-state index contributed by atoms with van der Waals surface area (Å²) in [6.45, 7) is 0. The van der Waals surface area contributed by atoms with Crippen LogP contribution in [0.3, 0.4) is 0 Å². The van der Waals surface area contributed by atoms with E-state index in [2.05, 4.69) is 9.72 Å². The molecule has 2 rings (SSSR count). The van der Waals surface area contributed by atoms with E-state index < -0.39 is 17.9 Å². The standard InChI is InChI=1S/C10H9NO4/c1-14-6-2-3-8(11-5-6)7-4-9(12)15-10(7)13/h2-3,5,7H,4H2,1H3. The van der Waals surface area contributed by atoms with Gasteiger partial charge in [-0.05, 0) is 12.1 Å². The molecule has 1 aromatic rings. The Morgan fingerprint density at radius 2 is 2.27 bits per heavy atom. The zero-order valence-corrected chi connectivity index (χ0v) is 8.10. The van der Waals surface area contributed by atoms with Gasteiger partial charge in [0.05, 0.1) is 25.4 Å². The minimum Gasteiger partial charge on any atom is -0.495 e. The summed E-state index contributed by atoms with van der Waals surface area (Å²) < 4.78 is 9.37. The molecular formula is C10H9NO4. The van der Waals surface area contributed by atoms with Crippen LogP contribution in [0.25, 0.3) is 0 Å². The summed E-state index contributed by atoms with van der Waals surface area (Å²) in [5.74, 6) is -0.986. The van der Waals surface area contributed by atoms with Gasteiger partial charge in [-0.2, -0.15) is 0 Å². The maximum atomic E-state index is 11.2. The zero-order valence-electron chi connectivity index (χ0n) is 8.10. The van der Waals surface area contributed by atoms with E-state index in [9.17, 15) is 9.59 Å². The van der Waals surface area contributed by atoms with Crippen molar-refractivity contribution in [3.63, 3.8) is 0 Å². The van der Waals surface area contributed by atoms with Gasteiger partial charge in [-0.15, -0.1) is 0 Å². The van der Waals surface area contributed by atoms with Crippen LogP contribution in [-0.2, 0) is 14.3 Å². The van der Waals surface area contributed by atoms with Crippen molar-refractivity contribution in [1.29, 1.82) is 0 Å². The van der Waals surface area contributed by atoms with Gasteiger partial charge in [-0.1, -0.05) is 0 Å². The maximum Gasteiger partial charge on any atom is 0.323 e. The second kappa shape index (κ2) is 3.68. The van der Waals surface area contributed by atoms with Crippen molar-refractivity contribution < 1.29 is 19.1 Å². The number of aromatic nitrogens is 1. The lowest BCUT2D eigenvalue weighted by molar-refractivity contribution is -0.152. The molecule has 2 heterocycles. The van der Waals surface area contributed by atoms with E-state index in [4.69, 9.17) is 4.74 Å². The van der Waals surface area contributed by atoms with Crippen LogP contribution in [0.2, 0.25) is 0 Å². The first-order chi connectivity index (χ1) is 7.20. The molecule has 0 aliphatic carbocycles. The number of methoxy groups -OCH3 is 1. The van der Waals surface area contributed by atoms with Gasteiger partial charge in [0.25, 0.3) is 0 Å². The Morgan fingerprint density at radius 1 is 1.47 bits per heavy atom. The molecule has 1 aromatic heterocycles. The second-order valence-corrected chi connectivity index (χ2v) is 3.17. The summed E-state index contributed by atoms with van der Waals surface area (Å²) in [4.78, 5) is 26.1. The molecule has 1 saturated heterocycles. The Labute approximate surface area is 86.0 Å². The third-order valence-electron chi connectivity index (χ3n) is 2.22. The molecule has 0 amide bonds. The first kappa shape index (κ1) is 9.64. The zero-order chi connectivity index (χ0) is 10.8. The first-order valence-electron chi connectivity index (χ1n) is 4.45. The van der Waals surface area contributed by atoms with E-state index in [-0.39, 0.29) is 6.42 Å². The van der Waals surface area contributed by atoms with Gasteiger partial charge in [0.1, 0.15) is 11.7 Å². The van der Waals surface area contributed by atoms with Crippen LogP contribution in [0.5, 0.6) is 5.75 Å². The molecule has 1 unspecified atom stereocenters. The van der Waals surface area contributed by atoms with Crippen molar-refractivity contribution in [2.75, 3.05) is 7.11 Å². The highest BCUT2D eigenvalue weighted by Gasteiger charge is 2.35. The predicted octanol–water partition coefficient (Wildman–Crippen LogP) is 0.647. The van der Waals surface area contributed by atoms with Gasteiger partial charge in [0, 0.05) is 0 Å². The Bertz CT molecular complexity index is 398. The number of carbonyl (C=O) groups is 2. The van der Waals surface area contributed by atoms with Crippen molar-refractivity contribution in [2.24, 2.45) is 0 Å². The summed E-state index contributed by atoms with van der Waals surface area (Å²) >= 11 is 0. The molecule has 0 bridgehead atoms. The lowest BCUT2D eigenvalue weighted by Gasteiger charge is -2.04. The molecule has 1 aliphatic rings. The van der Waals surface area contributed by atoms with Gasteiger partial charge >= 0.3 is 11.9 Å². The number of rotatable bonds is 2. The van der Waals surface area contributed by atoms with Crippen LogP contribution in [0.1, 0.15) is 18.0 Å². The second-order valence-electron chi connectivity index (χ2n) is 3.17. The summed E-state index contributed by atoms with van der Waals surface area (Å²) in [6.07, 6.45) is 1.57. The average Bonchev–Trinajstić information content (AvgIpc) is 2.58. The molecule has 0 saturated carbocycles. The van der Waals surface area contributed by atoms with Crippen molar-refractivity contribution in [3.8, 4) is 5.75 Å². The van der Waals surface area contributed by atoms with Crippen molar-refractivity contribution >= 4 is 11.9 Å². The Morgan fingerprint density at radius 3 is 2.73 bits per heavy atom. The van der Waals surface area contributed by atoms with Crippen LogP contribution in [0.15, 0.2) is 18.3 Å². The highest BCUT2D eigenvalue weighted by atomic mass is 16.6. The summed E-state index contributed by atoms with van der Waals surface area (Å²) in [7, 11) is 1.53. The monoisotopic (exact) mass is 207 g/mol. The van der Waals surface area contributed by atoms with Crippen LogP contribution in [0.4, 0.5) is 0 Å². The molecule has 1 aliphatic heterocycles. The molecule has 5 heteroatoms. The van der Waals surface area contributed by atoms with Gasteiger partial charge in [0.15, 0.2) is 0 Å². The molecule has 0 aromatic carbocycles. The van der Waals surface area contributed by atoms with Gasteiger partial charge < -0.3 is 9.47 Å². The molecule has 5 nitrogen and oxygen atoms in total. The van der Waals surface area contributed by atoms with E-state index in [0.29, 0.717) is 11.4 Å². The average molecular weight is 207 g/mol. The molecular weight excluding hydrogens is 198 g/mol. The van der Waals surface area contributed by atoms with E-state index in [1.165, 1.54) is 13.3 Å². The van der Waals surface area contributed by atoms with Crippen LogP contribution in [-0.4, -0.2) is 24.0 Å². The summed E-state index contributed by atoms with van der Waals surface area (Å²) in [5.41, 5.74) is 0.534. The number of hydrogen-bond acceptors (Lipinski definition) is 5. The van der Waals surface area contributed by atoms with Gasteiger partial charge in [0.2, 0.25) is 0 Å². The number of ether oxygens (including phenoxy) is 2. The largest absolute Gasteiger partial charge is 0.495 e. The SMILES string of the molecule is COc1ccc(C2CC(=O)OC2=O)nc1. The fourth-order valence-electron chi connectivity index (χ4n) is 1.42. The third kappa shape index (κ3) is 1.81. The first-order valence-corrected chi connectivity index (χ1v) is 4.45. The molecule has 1 fully saturated rings. The van der Waals surface area contributed by atoms with Crippen LogP contribution in [0, 0.1) is 0 Å². The topological polar surface area (TPSA) is 65.5 Å². The fourth-order valence-corrected chi connectivity index (χ4v) is 1.42. The summed E-state index contributed by atoms with van der Waals surface area (Å²) in [5, 5.41) is 0. The smallest absolute Gasteiger partial charge is 0.323 e. The maximum absolute atomic E-state index is 11.2. The number of esters is 2. The van der Waals surface area contributed by atoms with Crippen molar-refractivity contribution in [2.45, 2.75) is 12.3 Å². The quantitative estimate of drug-likeness (QED) is 0.526. The van der Waals surface area contributed by atoms with Crippen molar-refractivity contribution in [1.82, 2.24) is 4.98 Å². The fraction of sp³-hybridized carbons (Fsp3) is 0.300. The van der Waals surface area contributed by atoms with E-state index >= 15 is 0 Å². The molecule has 0 N–H and O–H groups in total. The minimum absolute atomic E-state index is 0.0676. The third-order valence-corrected chi connectivity index (χ3v) is 2.22. The Kier molecular flexibility index (Phi) is 2.37. The molecule has 15 heavy (non-hydrogen) atoms. The van der Waals surface area contributed by atoms with Crippen LogP contribution >= 0.6 is 0 Å². The Hall–Kier alpha value is -1.91. The summed E-state index contributed by atoms with van der Waals surface area (Å²) in [6, 6.07) is 3.35. The number of nitrogens with zero attached hydrogens (tertiary/aromatic N) is 1. The van der Waals surface area contributed by atoms with E-state index in [1.54, 1.807) is 12.1 Å². The van der Waals surface area contributed by atoms with Crippen molar-refractivity contribution in [3.05, 3.63) is 24.0 Å².